The maximum absolute atomic E-state index is 5.12. The van der Waals surface area contributed by atoms with E-state index in [1.807, 2.05) is 0 Å². The number of benzene rings is 2. The normalized spacial score (nSPS) is 13.1. The second kappa shape index (κ2) is 11.1. The van der Waals surface area contributed by atoms with Crippen molar-refractivity contribution >= 4 is 27.1 Å². The van der Waals surface area contributed by atoms with Crippen LogP contribution in [0.4, 0.5) is 11.4 Å². The lowest BCUT2D eigenvalue weighted by Crippen LogP contribution is -2.09. The van der Waals surface area contributed by atoms with Gasteiger partial charge in [-0.3, -0.25) is 4.99 Å². The molecule has 0 amide bonds. The van der Waals surface area contributed by atoms with Gasteiger partial charge in [-0.1, -0.05) is 91.8 Å². The van der Waals surface area contributed by atoms with Crippen LogP contribution in [0.1, 0.15) is 115 Å². The quantitative estimate of drug-likeness (QED) is 0.285. The third-order valence-electron chi connectivity index (χ3n) is 5.97. The second-order valence-corrected chi connectivity index (χ2v) is 10.5. The van der Waals surface area contributed by atoms with Crippen LogP contribution >= 0.6 is 0 Å². The Balaban J connectivity index is 2.56. The first kappa shape index (κ1) is 26.1. The number of rotatable bonds is 8. The van der Waals surface area contributed by atoms with Crippen LogP contribution in [-0.2, 0) is 0 Å². The predicted molar refractivity (Wildman–Crippen MR) is 141 cm³/mol. The van der Waals surface area contributed by atoms with Crippen LogP contribution in [0.3, 0.4) is 0 Å². The van der Waals surface area contributed by atoms with Crippen LogP contribution in [0.25, 0.3) is 0 Å². The Bertz CT molecular complexity index is 971. The topological polar surface area (TPSA) is 15.4 Å². The van der Waals surface area contributed by atoms with Crippen molar-refractivity contribution in [2.24, 2.45) is 4.99 Å². The molecule has 3 heteroatoms. The van der Waals surface area contributed by atoms with E-state index >= 15 is 0 Å². The van der Waals surface area contributed by atoms with Gasteiger partial charge < -0.3 is 0 Å². The summed E-state index contributed by atoms with van der Waals surface area (Å²) in [6, 6.07) is 13.2. The molecule has 0 bridgehead atoms. The average molecular weight is 446 g/mol. The molecule has 0 saturated carbocycles. The van der Waals surface area contributed by atoms with E-state index in [0.29, 0.717) is 23.7 Å². The molecule has 0 unspecified atom stereocenters. The zero-order chi connectivity index (χ0) is 24.2. The van der Waals surface area contributed by atoms with Crippen molar-refractivity contribution in [3.05, 3.63) is 70.4 Å². The minimum atomic E-state index is 0.434. The van der Waals surface area contributed by atoms with Crippen molar-refractivity contribution < 1.29 is 4.22 Å². The minimum Gasteiger partial charge on any atom is -0.253 e. The maximum atomic E-state index is 5.12. The SMILES string of the molecule is CC(/C=C(\C)[N+](=[Si])c1c(C(C)C)cccc1C(C)C)=Nc1c(C(C)C)cccc1C(C)C. The zero-order valence-corrected chi connectivity index (χ0v) is 22.7. The van der Waals surface area contributed by atoms with E-state index in [9.17, 15) is 0 Å². The first-order valence-corrected chi connectivity index (χ1v) is 12.4. The highest BCUT2D eigenvalue weighted by Crippen LogP contribution is 2.36. The lowest BCUT2D eigenvalue weighted by Gasteiger charge is -2.18. The molecule has 2 aromatic carbocycles. The summed E-state index contributed by atoms with van der Waals surface area (Å²) in [7, 11) is 3.95. The molecule has 0 heterocycles. The van der Waals surface area contributed by atoms with Gasteiger partial charge >= 0.3 is 10.0 Å². The summed E-state index contributed by atoms with van der Waals surface area (Å²) in [5.41, 5.74) is 9.82. The molecule has 0 atom stereocenters. The van der Waals surface area contributed by atoms with E-state index in [-0.39, 0.29) is 0 Å². The number of hydrogen-bond acceptors (Lipinski definition) is 1. The molecule has 0 aliphatic carbocycles. The Labute approximate surface area is 199 Å². The average Bonchev–Trinajstić information content (AvgIpc) is 2.71. The first-order valence-electron chi connectivity index (χ1n) is 12.0. The smallest absolute Gasteiger partial charge is 0.253 e. The third-order valence-corrected chi connectivity index (χ3v) is 6.54. The van der Waals surface area contributed by atoms with E-state index < -0.39 is 0 Å². The molecular weight excluding hydrogens is 404 g/mol. The standard InChI is InChI=1S/C29H41N2Si/c1-18(2)24-13-11-14-25(19(3)4)28(24)30-22(9)17-23(10)31(32)29-26(20(5)6)15-12-16-27(29)21(7)8/h11-21H,1-10H3/q+1/b23-17+,30-22?. The van der Waals surface area contributed by atoms with Crippen molar-refractivity contribution in [3.8, 4) is 0 Å². The van der Waals surface area contributed by atoms with Crippen LogP contribution in [0.15, 0.2) is 53.2 Å². The van der Waals surface area contributed by atoms with Gasteiger partial charge in [0.05, 0.1) is 5.69 Å². The van der Waals surface area contributed by atoms with Gasteiger partial charge in [0.2, 0.25) is 0 Å². The van der Waals surface area contributed by atoms with E-state index in [1.165, 1.54) is 27.9 Å². The molecule has 2 radical (unpaired) electrons. The summed E-state index contributed by atoms with van der Waals surface area (Å²) in [5.74, 6) is 1.75. The summed E-state index contributed by atoms with van der Waals surface area (Å²) >= 11 is 0. The Morgan fingerprint density at radius 1 is 0.719 bits per heavy atom. The number of aliphatic imine (C=N–C) groups is 1. The molecule has 0 fully saturated rings. The fraction of sp³-hybridized carbons (Fsp3) is 0.483. The Hall–Kier alpha value is -2.13. The molecule has 0 aromatic heterocycles. The van der Waals surface area contributed by atoms with Crippen molar-refractivity contribution in [3.63, 3.8) is 0 Å². The molecule has 0 aliphatic rings. The lowest BCUT2D eigenvalue weighted by atomic mass is 9.92. The summed E-state index contributed by atoms with van der Waals surface area (Å²) < 4.78 is 2.15. The van der Waals surface area contributed by atoms with E-state index in [0.717, 1.165) is 17.1 Å². The van der Waals surface area contributed by atoms with Gasteiger partial charge in [-0.15, -0.1) is 0 Å². The summed E-state index contributed by atoms with van der Waals surface area (Å²) in [6.45, 7) is 22.2. The third kappa shape index (κ3) is 6.01. The van der Waals surface area contributed by atoms with Crippen LogP contribution < -0.4 is 0 Å². The van der Waals surface area contributed by atoms with Gasteiger partial charge in [0.25, 0.3) is 0 Å². The van der Waals surface area contributed by atoms with Crippen LogP contribution in [0.5, 0.6) is 0 Å². The highest BCUT2D eigenvalue weighted by molar-refractivity contribution is 5.96. The zero-order valence-electron chi connectivity index (χ0n) is 21.7. The van der Waals surface area contributed by atoms with Gasteiger partial charge in [-0.05, 0) is 41.7 Å². The predicted octanol–water partition coefficient (Wildman–Crippen LogP) is 8.87. The Kier molecular flexibility index (Phi) is 9.09. The Morgan fingerprint density at radius 3 is 1.47 bits per heavy atom. The fourth-order valence-corrected chi connectivity index (χ4v) is 4.49. The van der Waals surface area contributed by atoms with E-state index in [1.54, 1.807) is 0 Å². The van der Waals surface area contributed by atoms with Gasteiger partial charge in [-0.2, -0.15) is 0 Å². The monoisotopic (exact) mass is 445 g/mol. The van der Waals surface area contributed by atoms with E-state index in [4.69, 9.17) is 4.99 Å². The largest absolute Gasteiger partial charge is 0.516 e. The van der Waals surface area contributed by atoms with Gasteiger partial charge in [-0.25, -0.2) is 4.22 Å². The van der Waals surface area contributed by atoms with Gasteiger partial charge in [0, 0.05) is 29.8 Å². The Morgan fingerprint density at radius 2 is 1.09 bits per heavy atom. The van der Waals surface area contributed by atoms with Crippen LogP contribution in [-0.4, -0.2) is 20.0 Å². The molecule has 0 N–H and O–H groups in total. The molecular formula is C29H41N2Si+. The fourth-order valence-electron chi connectivity index (χ4n) is 4.16. The molecule has 0 saturated heterocycles. The van der Waals surface area contributed by atoms with Crippen LogP contribution in [0, 0.1) is 0 Å². The highest BCUT2D eigenvalue weighted by atomic mass is 28.1. The highest BCUT2D eigenvalue weighted by Gasteiger charge is 2.23. The molecule has 170 valence electrons. The molecule has 2 rings (SSSR count). The van der Waals surface area contributed by atoms with Crippen molar-refractivity contribution in [2.75, 3.05) is 0 Å². The molecule has 2 aromatic rings. The van der Waals surface area contributed by atoms with Gasteiger partial charge in [0.1, 0.15) is 0 Å². The second-order valence-electron chi connectivity index (χ2n) is 10.1. The summed E-state index contributed by atoms with van der Waals surface area (Å²) in [4.78, 5) is 5.12. The molecule has 2 nitrogen and oxygen atoms in total. The number of allylic oxidation sites excluding steroid dienone is 2. The van der Waals surface area contributed by atoms with Gasteiger partial charge in [0.15, 0.2) is 11.4 Å². The maximum Gasteiger partial charge on any atom is 0.516 e. The molecule has 32 heavy (non-hydrogen) atoms. The van der Waals surface area contributed by atoms with Crippen LogP contribution in [0.2, 0.25) is 0 Å². The first-order chi connectivity index (χ1) is 15.0. The molecule has 0 aliphatic heterocycles. The molecule has 0 spiro atoms. The number of nitrogens with zero attached hydrogens (tertiary/aromatic N) is 2. The summed E-state index contributed by atoms with van der Waals surface area (Å²) in [5, 5.41) is 0. The minimum absolute atomic E-state index is 0.434. The lowest BCUT2D eigenvalue weighted by molar-refractivity contribution is -0.364. The van der Waals surface area contributed by atoms with Crippen molar-refractivity contribution in [1.29, 1.82) is 0 Å². The van der Waals surface area contributed by atoms with Crippen molar-refractivity contribution in [1.82, 2.24) is 0 Å². The number of hydrogen-bond donors (Lipinski definition) is 0. The van der Waals surface area contributed by atoms with E-state index in [2.05, 4.69) is 126 Å². The summed E-state index contributed by atoms with van der Waals surface area (Å²) in [6.07, 6.45) is 2.18. The van der Waals surface area contributed by atoms with Crippen molar-refractivity contribution in [2.45, 2.75) is 92.9 Å². The number of para-hydroxylation sites is 2.